The van der Waals surface area contributed by atoms with Gasteiger partial charge in [-0.2, -0.15) is 0 Å². The summed E-state index contributed by atoms with van der Waals surface area (Å²) in [7, 11) is 0. The summed E-state index contributed by atoms with van der Waals surface area (Å²) < 4.78 is 0. The monoisotopic (exact) mass is 245 g/mol. The molecule has 1 heterocycles. The summed E-state index contributed by atoms with van der Waals surface area (Å²) in [4.78, 5) is 24.4. The molecule has 1 aliphatic rings. The first-order valence-electron chi connectivity index (χ1n) is 6.11. The number of carbonyl (C=O) groups is 2. The molecule has 0 saturated carbocycles. The molecule has 0 aromatic heterocycles. The van der Waals surface area contributed by atoms with Gasteiger partial charge in [-0.05, 0) is 6.42 Å². The molecule has 16 heavy (non-hydrogen) atoms. The number of amides is 2. The molecule has 2 amide bonds. The maximum Gasteiger partial charge on any atom is 0.229 e. The minimum atomic E-state index is -0.0824. The van der Waals surface area contributed by atoms with Crippen LogP contribution in [0, 0.1) is 0 Å². The van der Waals surface area contributed by atoms with E-state index in [1.807, 2.05) is 0 Å². The molecule has 0 aromatic carbocycles. The summed E-state index contributed by atoms with van der Waals surface area (Å²) in [5.74, 6) is 0.265. The maximum absolute atomic E-state index is 11.5. The predicted molar refractivity (Wildman–Crippen MR) is 64.4 cm³/mol. The molecule has 1 rings (SSSR count). The normalized spacial score (nSPS) is 18.2. The van der Waals surface area contributed by atoms with E-state index in [1.165, 1.54) is 17.7 Å². The lowest BCUT2D eigenvalue weighted by molar-refractivity contribution is -0.140. The third kappa shape index (κ3) is 3.48. The number of imide groups is 1. The highest BCUT2D eigenvalue weighted by molar-refractivity contribution is 6.18. The Morgan fingerprint density at radius 1 is 1.19 bits per heavy atom. The first-order valence-corrected chi connectivity index (χ1v) is 6.65. The van der Waals surface area contributed by atoms with Gasteiger partial charge in [0.1, 0.15) is 0 Å². The smallest absolute Gasteiger partial charge is 0.229 e. The lowest BCUT2D eigenvalue weighted by Gasteiger charge is -2.24. The highest BCUT2D eigenvalue weighted by Crippen LogP contribution is 2.20. The molecule has 1 fully saturated rings. The Hall–Kier alpha value is -0.570. The summed E-state index contributed by atoms with van der Waals surface area (Å²) in [6, 6.07) is -0.0824. The Labute approximate surface area is 102 Å². The van der Waals surface area contributed by atoms with Crippen molar-refractivity contribution in [2.75, 3.05) is 5.88 Å². The number of rotatable bonds is 7. The molecule has 0 N–H and O–H groups in total. The van der Waals surface area contributed by atoms with Crippen molar-refractivity contribution in [3.05, 3.63) is 0 Å². The highest BCUT2D eigenvalue weighted by Gasteiger charge is 2.33. The van der Waals surface area contributed by atoms with Crippen LogP contribution in [0.2, 0.25) is 0 Å². The largest absolute Gasteiger partial charge is 0.278 e. The summed E-state index contributed by atoms with van der Waals surface area (Å²) in [5.41, 5.74) is 0. The van der Waals surface area contributed by atoms with Crippen molar-refractivity contribution in [3.8, 4) is 0 Å². The number of nitrogens with zero attached hydrogens (tertiary/aromatic N) is 1. The van der Waals surface area contributed by atoms with E-state index < -0.39 is 0 Å². The summed E-state index contributed by atoms with van der Waals surface area (Å²) >= 11 is 5.84. The zero-order valence-corrected chi connectivity index (χ0v) is 10.6. The van der Waals surface area contributed by atoms with E-state index in [0.29, 0.717) is 18.7 Å². The van der Waals surface area contributed by atoms with Crippen molar-refractivity contribution in [3.63, 3.8) is 0 Å². The molecule has 1 atom stereocenters. The van der Waals surface area contributed by atoms with Gasteiger partial charge in [0.25, 0.3) is 0 Å². The van der Waals surface area contributed by atoms with Gasteiger partial charge in [0.05, 0.1) is 6.04 Å². The fraction of sp³-hybridized carbons (Fsp3) is 0.833. The van der Waals surface area contributed by atoms with E-state index in [9.17, 15) is 9.59 Å². The minimum absolute atomic E-state index is 0.0499. The lowest BCUT2D eigenvalue weighted by atomic mass is 10.1. The average molecular weight is 246 g/mol. The number of halogens is 1. The molecular weight excluding hydrogens is 226 g/mol. The molecule has 0 aromatic rings. The second-order valence-corrected chi connectivity index (χ2v) is 4.62. The van der Waals surface area contributed by atoms with Crippen LogP contribution in [0.4, 0.5) is 0 Å². The highest BCUT2D eigenvalue weighted by atomic mass is 35.5. The Morgan fingerprint density at radius 2 is 1.81 bits per heavy atom. The molecule has 3 nitrogen and oxygen atoms in total. The zero-order chi connectivity index (χ0) is 12.0. The zero-order valence-electron chi connectivity index (χ0n) is 9.88. The van der Waals surface area contributed by atoms with Crippen LogP contribution in [0.5, 0.6) is 0 Å². The van der Waals surface area contributed by atoms with E-state index in [0.717, 1.165) is 19.3 Å². The number of carbonyl (C=O) groups excluding carboxylic acids is 2. The maximum atomic E-state index is 11.5. The first-order chi connectivity index (χ1) is 7.70. The van der Waals surface area contributed by atoms with Gasteiger partial charge < -0.3 is 0 Å². The molecule has 0 radical (unpaired) electrons. The van der Waals surface area contributed by atoms with Crippen LogP contribution < -0.4 is 0 Å². The third-order valence-electron chi connectivity index (χ3n) is 3.02. The molecule has 0 spiro atoms. The summed E-state index contributed by atoms with van der Waals surface area (Å²) in [6.07, 6.45) is 6.16. The van der Waals surface area contributed by atoms with Gasteiger partial charge in [0, 0.05) is 18.7 Å². The molecule has 4 heteroatoms. The SMILES string of the molecule is CCCCCCC(CCl)N1C(=O)CCC1=O. The number of hydrogen-bond acceptors (Lipinski definition) is 2. The van der Waals surface area contributed by atoms with Crippen molar-refractivity contribution in [1.82, 2.24) is 4.90 Å². The van der Waals surface area contributed by atoms with Crippen molar-refractivity contribution < 1.29 is 9.59 Å². The van der Waals surface area contributed by atoms with Gasteiger partial charge >= 0.3 is 0 Å². The van der Waals surface area contributed by atoms with Crippen LogP contribution in [0.3, 0.4) is 0 Å². The van der Waals surface area contributed by atoms with Gasteiger partial charge in [0.2, 0.25) is 11.8 Å². The number of hydrogen-bond donors (Lipinski definition) is 0. The Kier molecular flexibility index (Phi) is 5.81. The third-order valence-corrected chi connectivity index (χ3v) is 3.38. The van der Waals surface area contributed by atoms with Crippen LogP contribution in [0.1, 0.15) is 51.9 Å². The molecule has 0 aliphatic carbocycles. The Morgan fingerprint density at radius 3 is 2.31 bits per heavy atom. The average Bonchev–Trinajstić information content (AvgIpc) is 2.60. The van der Waals surface area contributed by atoms with Crippen molar-refractivity contribution in [1.29, 1.82) is 0 Å². The van der Waals surface area contributed by atoms with E-state index >= 15 is 0 Å². The first kappa shape index (κ1) is 13.5. The lowest BCUT2D eigenvalue weighted by Crippen LogP contribution is -2.40. The van der Waals surface area contributed by atoms with Crippen molar-refractivity contribution in [2.24, 2.45) is 0 Å². The molecule has 1 saturated heterocycles. The fourth-order valence-corrected chi connectivity index (χ4v) is 2.38. The second kappa shape index (κ2) is 6.89. The van der Waals surface area contributed by atoms with E-state index in [2.05, 4.69) is 6.92 Å². The predicted octanol–water partition coefficient (Wildman–Crippen LogP) is 2.71. The number of likely N-dealkylation sites (tertiary alicyclic amines) is 1. The van der Waals surface area contributed by atoms with Crippen LogP contribution >= 0.6 is 11.6 Å². The van der Waals surface area contributed by atoms with Gasteiger partial charge in [0.15, 0.2) is 0 Å². The van der Waals surface area contributed by atoms with E-state index in [4.69, 9.17) is 11.6 Å². The number of unbranched alkanes of at least 4 members (excludes halogenated alkanes) is 3. The molecule has 1 unspecified atom stereocenters. The quantitative estimate of drug-likeness (QED) is 0.393. The van der Waals surface area contributed by atoms with Gasteiger partial charge in [-0.25, -0.2) is 0 Å². The topological polar surface area (TPSA) is 37.4 Å². The molecule has 0 bridgehead atoms. The second-order valence-electron chi connectivity index (χ2n) is 4.31. The number of alkyl halides is 1. The van der Waals surface area contributed by atoms with E-state index in [1.54, 1.807) is 0 Å². The molecular formula is C12H20ClNO2. The van der Waals surface area contributed by atoms with Crippen LogP contribution in [-0.4, -0.2) is 28.6 Å². The van der Waals surface area contributed by atoms with Crippen molar-refractivity contribution >= 4 is 23.4 Å². The fourth-order valence-electron chi connectivity index (χ4n) is 2.08. The Bertz CT molecular complexity index is 239. The standard InChI is InChI=1S/C12H20ClNO2/c1-2-3-4-5-6-10(9-13)14-11(15)7-8-12(14)16/h10H,2-9H2,1H3. The van der Waals surface area contributed by atoms with E-state index in [-0.39, 0.29) is 17.9 Å². The van der Waals surface area contributed by atoms with Gasteiger partial charge in [-0.3, -0.25) is 14.5 Å². The minimum Gasteiger partial charge on any atom is -0.278 e. The van der Waals surface area contributed by atoms with Crippen LogP contribution in [-0.2, 0) is 9.59 Å². The van der Waals surface area contributed by atoms with Crippen LogP contribution in [0.15, 0.2) is 0 Å². The van der Waals surface area contributed by atoms with Crippen molar-refractivity contribution in [2.45, 2.75) is 57.9 Å². The van der Waals surface area contributed by atoms with Gasteiger partial charge in [-0.1, -0.05) is 32.6 Å². The van der Waals surface area contributed by atoms with Gasteiger partial charge in [-0.15, -0.1) is 11.6 Å². The molecule has 1 aliphatic heterocycles. The van der Waals surface area contributed by atoms with Crippen LogP contribution in [0.25, 0.3) is 0 Å². The summed E-state index contributed by atoms with van der Waals surface area (Å²) in [5, 5.41) is 0. The molecule has 92 valence electrons. The Balaban J connectivity index is 2.40. The summed E-state index contributed by atoms with van der Waals surface area (Å²) in [6.45, 7) is 2.16.